The highest BCUT2D eigenvalue weighted by molar-refractivity contribution is 5.61. The second-order valence-corrected chi connectivity index (χ2v) is 3.63. The lowest BCUT2D eigenvalue weighted by Gasteiger charge is -2.11. The molecule has 1 aliphatic carbocycles. The van der Waals surface area contributed by atoms with Gasteiger partial charge in [0.1, 0.15) is 6.10 Å². The second kappa shape index (κ2) is 4.43. The normalized spacial score (nSPS) is 18.5. The summed E-state index contributed by atoms with van der Waals surface area (Å²) < 4.78 is 5.78. The van der Waals surface area contributed by atoms with Crippen molar-refractivity contribution in [1.82, 2.24) is 0 Å². The lowest BCUT2D eigenvalue weighted by molar-refractivity contribution is 0.0850. The smallest absolute Gasteiger partial charge is 0.102 e. The SMILES string of the molecule is CCCCOC1C=Cc2ccccc21. The van der Waals surface area contributed by atoms with Crippen LogP contribution in [0.15, 0.2) is 30.3 Å². The van der Waals surface area contributed by atoms with Crippen LogP contribution in [0, 0.1) is 0 Å². The van der Waals surface area contributed by atoms with E-state index in [-0.39, 0.29) is 6.10 Å². The minimum absolute atomic E-state index is 0.192. The third kappa shape index (κ3) is 1.88. The van der Waals surface area contributed by atoms with Gasteiger partial charge in [-0.25, -0.2) is 0 Å². The summed E-state index contributed by atoms with van der Waals surface area (Å²) in [5.74, 6) is 0. The molecule has 0 saturated heterocycles. The van der Waals surface area contributed by atoms with Crippen molar-refractivity contribution in [1.29, 1.82) is 0 Å². The first-order valence-electron chi connectivity index (χ1n) is 5.30. The molecular weight excluding hydrogens is 172 g/mol. The lowest BCUT2D eigenvalue weighted by atomic mass is 10.1. The Morgan fingerprint density at radius 2 is 2.14 bits per heavy atom. The van der Waals surface area contributed by atoms with Gasteiger partial charge in [0.2, 0.25) is 0 Å². The fourth-order valence-electron chi connectivity index (χ4n) is 1.72. The van der Waals surface area contributed by atoms with Crippen molar-refractivity contribution in [2.75, 3.05) is 6.61 Å². The quantitative estimate of drug-likeness (QED) is 0.656. The lowest BCUT2D eigenvalue weighted by Crippen LogP contribution is -2.00. The third-order valence-corrected chi connectivity index (χ3v) is 2.55. The first kappa shape index (κ1) is 9.47. The Kier molecular flexibility index (Phi) is 3.00. The zero-order chi connectivity index (χ0) is 9.80. The molecule has 0 radical (unpaired) electrons. The van der Waals surface area contributed by atoms with Gasteiger partial charge in [0.25, 0.3) is 0 Å². The zero-order valence-corrected chi connectivity index (χ0v) is 8.57. The van der Waals surface area contributed by atoms with Crippen molar-refractivity contribution in [2.45, 2.75) is 25.9 Å². The molecule has 0 aromatic heterocycles. The summed E-state index contributed by atoms with van der Waals surface area (Å²) in [6.07, 6.45) is 6.81. The van der Waals surface area contributed by atoms with Gasteiger partial charge in [-0.2, -0.15) is 0 Å². The molecule has 1 unspecified atom stereocenters. The molecule has 0 bridgehead atoms. The molecule has 1 nitrogen and oxygen atoms in total. The van der Waals surface area contributed by atoms with E-state index >= 15 is 0 Å². The number of fused-ring (bicyclic) bond motifs is 1. The summed E-state index contributed by atoms with van der Waals surface area (Å²) in [5.41, 5.74) is 2.61. The van der Waals surface area contributed by atoms with Crippen LogP contribution in [0.3, 0.4) is 0 Å². The van der Waals surface area contributed by atoms with Crippen LogP contribution in [0.5, 0.6) is 0 Å². The molecule has 0 N–H and O–H groups in total. The fraction of sp³-hybridized carbons (Fsp3) is 0.385. The van der Waals surface area contributed by atoms with Crippen LogP contribution >= 0.6 is 0 Å². The number of ether oxygens (including phenoxy) is 1. The van der Waals surface area contributed by atoms with Gasteiger partial charge in [-0.1, -0.05) is 49.8 Å². The molecule has 1 aromatic rings. The van der Waals surface area contributed by atoms with Crippen LogP contribution in [-0.4, -0.2) is 6.61 Å². The van der Waals surface area contributed by atoms with Crippen molar-refractivity contribution in [3.05, 3.63) is 41.5 Å². The maximum Gasteiger partial charge on any atom is 0.102 e. The molecule has 2 rings (SSSR count). The minimum Gasteiger partial charge on any atom is -0.369 e. The predicted octanol–water partition coefficient (Wildman–Crippen LogP) is 3.57. The van der Waals surface area contributed by atoms with Crippen molar-refractivity contribution in [3.8, 4) is 0 Å². The number of hydrogen-bond acceptors (Lipinski definition) is 1. The van der Waals surface area contributed by atoms with Crippen LogP contribution < -0.4 is 0 Å². The summed E-state index contributed by atoms with van der Waals surface area (Å²) in [7, 11) is 0. The molecule has 74 valence electrons. The van der Waals surface area contributed by atoms with Gasteiger partial charge in [-0.15, -0.1) is 0 Å². The average Bonchev–Trinajstić information content (AvgIpc) is 2.63. The summed E-state index contributed by atoms with van der Waals surface area (Å²) in [5, 5.41) is 0. The zero-order valence-electron chi connectivity index (χ0n) is 8.57. The third-order valence-electron chi connectivity index (χ3n) is 2.55. The van der Waals surface area contributed by atoms with Crippen molar-refractivity contribution in [2.24, 2.45) is 0 Å². The average molecular weight is 188 g/mol. The van der Waals surface area contributed by atoms with Crippen molar-refractivity contribution in [3.63, 3.8) is 0 Å². The summed E-state index contributed by atoms with van der Waals surface area (Å²) in [4.78, 5) is 0. The molecule has 14 heavy (non-hydrogen) atoms. The van der Waals surface area contributed by atoms with E-state index in [9.17, 15) is 0 Å². The minimum atomic E-state index is 0.192. The number of rotatable bonds is 4. The van der Waals surface area contributed by atoms with E-state index in [1.807, 2.05) is 0 Å². The maximum absolute atomic E-state index is 5.78. The van der Waals surface area contributed by atoms with Crippen molar-refractivity contribution >= 4 is 6.08 Å². The Balaban J connectivity index is 2.00. The molecule has 1 atom stereocenters. The summed E-state index contributed by atoms with van der Waals surface area (Å²) in [6, 6.07) is 8.42. The van der Waals surface area contributed by atoms with E-state index in [1.54, 1.807) is 0 Å². The van der Waals surface area contributed by atoms with Crippen LogP contribution in [0.2, 0.25) is 0 Å². The van der Waals surface area contributed by atoms with Crippen LogP contribution in [0.1, 0.15) is 37.0 Å². The Hall–Kier alpha value is -1.08. The maximum atomic E-state index is 5.78. The molecule has 0 fully saturated rings. The van der Waals surface area contributed by atoms with E-state index < -0.39 is 0 Å². The molecule has 1 heteroatoms. The predicted molar refractivity (Wildman–Crippen MR) is 59.1 cm³/mol. The molecular formula is C13H16O. The van der Waals surface area contributed by atoms with Crippen LogP contribution in [0.4, 0.5) is 0 Å². The monoisotopic (exact) mass is 188 g/mol. The number of hydrogen-bond donors (Lipinski definition) is 0. The standard InChI is InChI=1S/C13H16O/c1-2-3-10-14-13-9-8-11-6-4-5-7-12(11)13/h4-9,13H,2-3,10H2,1H3. The highest BCUT2D eigenvalue weighted by Crippen LogP contribution is 2.30. The molecule has 1 aliphatic rings. The van der Waals surface area contributed by atoms with Gasteiger partial charge in [0, 0.05) is 6.61 Å². The Morgan fingerprint density at radius 1 is 1.29 bits per heavy atom. The van der Waals surface area contributed by atoms with E-state index in [2.05, 4.69) is 43.3 Å². The van der Waals surface area contributed by atoms with E-state index in [0.29, 0.717) is 0 Å². The Morgan fingerprint density at radius 3 is 3.00 bits per heavy atom. The topological polar surface area (TPSA) is 9.23 Å². The van der Waals surface area contributed by atoms with E-state index in [1.165, 1.54) is 17.5 Å². The van der Waals surface area contributed by atoms with Gasteiger partial charge >= 0.3 is 0 Å². The van der Waals surface area contributed by atoms with E-state index in [0.717, 1.165) is 13.0 Å². The highest BCUT2D eigenvalue weighted by atomic mass is 16.5. The number of benzene rings is 1. The molecule has 0 aliphatic heterocycles. The Labute approximate surface area is 85.4 Å². The highest BCUT2D eigenvalue weighted by Gasteiger charge is 2.16. The van der Waals surface area contributed by atoms with Gasteiger partial charge in [0.15, 0.2) is 0 Å². The first-order valence-corrected chi connectivity index (χ1v) is 5.30. The van der Waals surface area contributed by atoms with Crippen LogP contribution in [0.25, 0.3) is 6.08 Å². The summed E-state index contributed by atoms with van der Waals surface area (Å²) in [6.45, 7) is 3.04. The molecule has 0 spiro atoms. The molecule has 0 heterocycles. The van der Waals surface area contributed by atoms with Crippen molar-refractivity contribution < 1.29 is 4.74 Å². The van der Waals surface area contributed by atoms with Gasteiger partial charge in [-0.3, -0.25) is 0 Å². The molecule has 1 aromatic carbocycles. The molecule has 0 saturated carbocycles. The van der Waals surface area contributed by atoms with E-state index in [4.69, 9.17) is 4.74 Å². The fourth-order valence-corrected chi connectivity index (χ4v) is 1.72. The van der Waals surface area contributed by atoms with Gasteiger partial charge < -0.3 is 4.74 Å². The summed E-state index contributed by atoms with van der Waals surface area (Å²) >= 11 is 0. The second-order valence-electron chi connectivity index (χ2n) is 3.63. The largest absolute Gasteiger partial charge is 0.369 e. The van der Waals surface area contributed by atoms with Gasteiger partial charge in [0.05, 0.1) is 0 Å². The molecule has 0 amide bonds. The first-order chi connectivity index (χ1) is 6.92. The van der Waals surface area contributed by atoms with Crippen LogP contribution in [-0.2, 0) is 4.74 Å². The number of unbranched alkanes of at least 4 members (excludes halogenated alkanes) is 1. The van der Waals surface area contributed by atoms with Gasteiger partial charge in [-0.05, 0) is 17.5 Å². The Bertz CT molecular complexity index is 328.